The normalized spacial score (nSPS) is 13.4. The molecule has 0 bridgehead atoms. The van der Waals surface area contributed by atoms with Crippen LogP contribution in [0.1, 0.15) is 33.5 Å². The first kappa shape index (κ1) is 19.7. The molecule has 0 fully saturated rings. The Morgan fingerprint density at radius 3 is 1.96 bits per heavy atom. The highest BCUT2D eigenvalue weighted by atomic mass is 16.5. The lowest BCUT2D eigenvalue weighted by molar-refractivity contribution is -0.131. The lowest BCUT2D eigenvalue weighted by atomic mass is 10.0. The van der Waals surface area contributed by atoms with Crippen molar-refractivity contribution in [3.05, 3.63) is 58.7 Å². The van der Waals surface area contributed by atoms with Crippen molar-refractivity contribution in [2.45, 2.75) is 25.7 Å². The molecule has 2 aromatic rings. The van der Waals surface area contributed by atoms with Gasteiger partial charge in [-0.3, -0.25) is 4.79 Å². The van der Waals surface area contributed by atoms with Crippen LogP contribution in [0.4, 0.5) is 0 Å². The van der Waals surface area contributed by atoms with E-state index in [0.717, 1.165) is 18.4 Å². The third-order valence-electron chi connectivity index (χ3n) is 5.19. The summed E-state index contributed by atoms with van der Waals surface area (Å²) in [5.74, 6) is 0.603. The van der Waals surface area contributed by atoms with Gasteiger partial charge >= 0.3 is 5.97 Å². The van der Waals surface area contributed by atoms with Crippen LogP contribution in [0, 0.1) is 0 Å². The van der Waals surface area contributed by atoms with Crippen LogP contribution in [0.5, 0.6) is 11.5 Å². The second-order valence-electron chi connectivity index (χ2n) is 6.86. The van der Waals surface area contributed by atoms with Crippen LogP contribution < -0.4 is 9.47 Å². The number of benzene rings is 2. The maximum atomic E-state index is 12.7. The quantitative estimate of drug-likeness (QED) is 0.830. The monoisotopic (exact) mass is 383 g/mol. The van der Waals surface area contributed by atoms with Gasteiger partial charge in [0.1, 0.15) is 0 Å². The molecule has 1 heterocycles. The first-order valence-corrected chi connectivity index (χ1v) is 9.35. The van der Waals surface area contributed by atoms with Gasteiger partial charge in [-0.1, -0.05) is 12.1 Å². The maximum absolute atomic E-state index is 12.7. The first-order valence-electron chi connectivity index (χ1n) is 9.35. The zero-order valence-corrected chi connectivity index (χ0v) is 16.2. The number of amides is 1. The number of ether oxygens (including phenoxy) is 2. The molecular formula is C22H25NO5. The van der Waals surface area contributed by atoms with Crippen LogP contribution in [0.3, 0.4) is 0 Å². The lowest BCUT2D eigenvalue weighted by Crippen LogP contribution is -2.33. The molecule has 1 aliphatic heterocycles. The Labute approximate surface area is 164 Å². The Morgan fingerprint density at radius 2 is 1.50 bits per heavy atom. The molecule has 0 spiro atoms. The molecule has 3 rings (SSSR count). The Balaban J connectivity index is 1.60. The molecule has 0 unspecified atom stereocenters. The van der Waals surface area contributed by atoms with Crippen LogP contribution in [0.25, 0.3) is 0 Å². The number of aromatic carboxylic acids is 1. The van der Waals surface area contributed by atoms with Gasteiger partial charge in [-0.15, -0.1) is 0 Å². The second-order valence-corrected chi connectivity index (χ2v) is 6.86. The van der Waals surface area contributed by atoms with E-state index in [4.69, 9.17) is 14.6 Å². The minimum atomic E-state index is -0.944. The Hall–Kier alpha value is -3.02. The molecule has 6 heteroatoms. The largest absolute Gasteiger partial charge is 0.493 e. The summed E-state index contributed by atoms with van der Waals surface area (Å²) in [5, 5.41) is 8.95. The van der Waals surface area contributed by atoms with Gasteiger partial charge in [0.05, 0.1) is 19.8 Å². The van der Waals surface area contributed by atoms with Gasteiger partial charge in [0.2, 0.25) is 5.91 Å². The third-order valence-corrected chi connectivity index (χ3v) is 5.19. The molecule has 1 amide bonds. The number of carbonyl (C=O) groups is 2. The SMILES string of the molecule is COc1cc2c(cc1OC)CCN(C(=O)CCc1ccc(C(=O)O)cc1)CC2. The lowest BCUT2D eigenvalue weighted by Gasteiger charge is -2.20. The number of carboxylic acid groups (broad SMARTS) is 1. The molecular weight excluding hydrogens is 358 g/mol. The van der Waals surface area contributed by atoms with Crippen molar-refractivity contribution in [3.63, 3.8) is 0 Å². The Morgan fingerprint density at radius 1 is 0.964 bits per heavy atom. The minimum absolute atomic E-state index is 0.119. The number of methoxy groups -OCH3 is 2. The van der Waals surface area contributed by atoms with Gasteiger partial charge in [0, 0.05) is 19.5 Å². The third kappa shape index (κ3) is 4.44. The minimum Gasteiger partial charge on any atom is -0.493 e. The molecule has 28 heavy (non-hydrogen) atoms. The summed E-state index contributed by atoms with van der Waals surface area (Å²) in [6, 6.07) is 10.7. The predicted octanol–water partition coefficient (Wildman–Crippen LogP) is 2.96. The van der Waals surface area contributed by atoms with Gasteiger partial charge in [0.15, 0.2) is 11.5 Å². The van der Waals surface area contributed by atoms with Crippen LogP contribution in [-0.2, 0) is 24.1 Å². The van der Waals surface area contributed by atoms with Gasteiger partial charge < -0.3 is 19.5 Å². The molecule has 0 aromatic heterocycles. The second kappa shape index (κ2) is 8.78. The van der Waals surface area contributed by atoms with E-state index in [-0.39, 0.29) is 11.5 Å². The molecule has 148 valence electrons. The van der Waals surface area contributed by atoms with Gasteiger partial charge in [-0.25, -0.2) is 4.79 Å². The zero-order valence-electron chi connectivity index (χ0n) is 16.2. The van der Waals surface area contributed by atoms with E-state index in [1.165, 1.54) is 11.1 Å². The van der Waals surface area contributed by atoms with Crippen molar-refractivity contribution in [1.29, 1.82) is 0 Å². The zero-order chi connectivity index (χ0) is 20.1. The number of rotatable bonds is 6. The van der Waals surface area contributed by atoms with E-state index in [2.05, 4.69) is 0 Å². The average molecular weight is 383 g/mol. The van der Waals surface area contributed by atoms with E-state index in [9.17, 15) is 9.59 Å². The average Bonchev–Trinajstić information content (AvgIpc) is 2.93. The highest BCUT2D eigenvalue weighted by Crippen LogP contribution is 2.32. The number of fused-ring (bicyclic) bond motifs is 1. The maximum Gasteiger partial charge on any atom is 0.335 e. The summed E-state index contributed by atoms with van der Waals surface area (Å²) in [7, 11) is 3.25. The fraction of sp³-hybridized carbons (Fsp3) is 0.364. The van der Waals surface area contributed by atoms with Crippen molar-refractivity contribution in [3.8, 4) is 11.5 Å². The summed E-state index contributed by atoms with van der Waals surface area (Å²) >= 11 is 0. The smallest absolute Gasteiger partial charge is 0.335 e. The van der Waals surface area contributed by atoms with Crippen LogP contribution in [0.15, 0.2) is 36.4 Å². The molecule has 6 nitrogen and oxygen atoms in total. The van der Waals surface area contributed by atoms with Gasteiger partial charge in [0.25, 0.3) is 0 Å². The molecule has 2 aromatic carbocycles. The van der Waals surface area contributed by atoms with Crippen molar-refractivity contribution < 1.29 is 24.2 Å². The van der Waals surface area contributed by atoms with E-state index in [1.54, 1.807) is 38.5 Å². The highest BCUT2D eigenvalue weighted by molar-refractivity contribution is 5.87. The van der Waals surface area contributed by atoms with Crippen molar-refractivity contribution >= 4 is 11.9 Å². The predicted molar refractivity (Wildman–Crippen MR) is 105 cm³/mol. The fourth-order valence-electron chi connectivity index (χ4n) is 3.52. The molecule has 0 saturated carbocycles. The molecule has 0 saturated heterocycles. The van der Waals surface area contributed by atoms with E-state index >= 15 is 0 Å². The standard InChI is InChI=1S/C22H25NO5/c1-27-19-13-17-9-11-23(12-10-18(17)14-20(19)28-2)21(24)8-5-15-3-6-16(7-4-15)22(25)26/h3-4,6-7,13-14H,5,8-12H2,1-2H3,(H,25,26). The molecule has 0 radical (unpaired) electrons. The topological polar surface area (TPSA) is 76.1 Å². The van der Waals surface area contributed by atoms with Crippen LogP contribution in [-0.4, -0.2) is 49.2 Å². The Bertz CT molecular complexity index is 825. The van der Waals surface area contributed by atoms with Gasteiger partial charge in [-0.2, -0.15) is 0 Å². The Kier molecular flexibility index (Phi) is 6.19. The number of carboxylic acids is 1. The van der Waals surface area contributed by atoms with Crippen LogP contribution >= 0.6 is 0 Å². The number of aryl methyl sites for hydroxylation is 1. The van der Waals surface area contributed by atoms with E-state index in [1.807, 2.05) is 17.0 Å². The molecule has 0 aliphatic carbocycles. The van der Waals surface area contributed by atoms with E-state index in [0.29, 0.717) is 37.4 Å². The number of nitrogens with zero attached hydrogens (tertiary/aromatic N) is 1. The number of hydrogen-bond donors (Lipinski definition) is 1. The summed E-state index contributed by atoms with van der Waals surface area (Å²) < 4.78 is 10.8. The molecule has 1 aliphatic rings. The van der Waals surface area contributed by atoms with Crippen molar-refractivity contribution in [1.82, 2.24) is 4.90 Å². The fourth-order valence-corrected chi connectivity index (χ4v) is 3.52. The first-order chi connectivity index (χ1) is 13.5. The highest BCUT2D eigenvalue weighted by Gasteiger charge is 2.20. The summed E-state index contributed by atoms with van der Waals surface area (Å²) in [4.78, 5) is 25.5. The summed E-state index contributed by atoms with van der Waals surface area (Å²) in [5.41, 5.74) is 3.60. The molecule has 0 atom stereocenters. The van der Waals surface area contributed by atoms with E-state index < -0.39 is 5.97 Å². The molecule has 1 N–H and O–H groups in total. The number of carbonyl (C=O) groups excluding carboxylic acids is 1. The van der Waals surface area contributed by atoms with Crippen molar-refractivity contribution in [2.24, 2.45) is 0 Å². The summed E-state index contributed by atoms with van der Waals surface area (Å²) in [6.45, 7) is 1.36. The number of hydrogen-bond acceptors (Lipinski definition) is 4. The van der Waals surface area contributed by atoms with Crippen LogP contribution in [0.2, 0.25) is 0 Å². The van der Waals surface area contributed by atoms with Gasteiger partial charge in [-0.05, 0) is 60.2 Å². The summed E-state index contributed by atoms with van der Waals surface area (Å²) in [6.07, 6.45) is 2.59. The van der Waals surface area contributed by atoms with Crippen molar-refractivity contribution in [2.75, 3.05) is 27.3 Å².